The average Bonchev–Trinajstić information content (AvgIpc) is 2.54. The van der Waals surface area contributed by atoms with Gasteiger partial charge in [-0.25, -0.2) is 4.79 Å². The molecule has 0 atom stereocenters. The number of pyridine rings is 2. The Bertz CT molecular complexity index is 763. The fourth-order valence-electron chi connectivity index (χ4n) is 1.92. The standard InChI is InChI=1S/C15H13F3N4O2/c16-15(17,18)2-4-21-13-8-22-12(6-10(13)7-19)11-5-9(14(23)24)1-3-20-11/h1,3,5-8,19,21H,2,4H2,(H,23,24). The summed E-state index contributed by atoms with van der Waals surface area (Å²) in [5.74, 6) is -1.11. The predicted molar refractivity (Wildman–Crippen MR) is 81.5 cm³/mol. The molecule has 0 saturated carbocycles. The highest BCUT2D eigenvalue weighted by Crippen LogP contribution is 2.23. The lowest BCUT2D eigenvalue weighted by molar-refractivity contribution is -0.131. The molecule has 0 bridgehead atoms. The summed E-state index contributed by atoms with van der Waals surface area (Å²) < 4.78 is 36.5. The van der Waals surface area contributed by atoms with E-state index >= 15 is 0 Å². The molecule has 2 heterocycles. The van der Waals surface area contributed by atoms with Crippen molar-refractivity contribution in [3.63, 3.8) is 0 Å². The zero-order chi connectivity index (χ0) is 17.7. The van der Waals surface area contributed by atoms with Crippen molar-refractivity contribution in [1.82, 2.24) is 9.97 Å². The number of nitrogens with zero attached hydrogens (tertiary/aromatic N) is 2. The molecule has 24 heavy (non-hydrogen) atoms. The SMILES string of the molecule is N=Cc1cc(-c2cc(C(=O)O)ccn2)ncc1NCCC(F)(F)F. The maximum absolute atomic E-state index is 12.2. The summed E-state index contributed by atoms with van der Waals surface area (Å²) in [5, 5.41) is 18.9. The lowest BCUT2D eigenvalue weighted by Gasteiger charge is -2.12. The number of carbonyl (C=O) groups is 1. The number of halogens is 3. The van der Waals surface area contributed by atoms with E-state index in [4.69, 9.17) is 10.5 Å². The Kier molecular flexibility index (Phi) is 5.12. The minimum absolute atomic E-state index is 0.0329. The van der Waals surface area contributed by atoms with E-state index in [2.05, 4.69) is 15.3 Å². The van der Waals surface area contributed by atoms with Crippen molar-refractivity contribution in [2.75, 3.05) is 11.9 Å². The first-order valence-corrected chi connectivity index (χ1v) is 6.81. The van der Waals surface area contributed by atoms with Gasteiger partial charge in [0, 0.05) is 24.5 Å². The fraction of sp³-hybridized carbons (Fsp3) is 0.200. The van der Waals surface area contributed by atoms with Gasteiger partial charge < -0.3 is 15.8 Å². The first-order valence-electron chi connectivity index (χ1n) is 6.81. The lowest BCUT2D eigenvalue weighted by Crippen LogP contribution is -2.15. The molecule has 0 fully saturated rings. The number of hydrogen-bond acceptors (Lipinski definition) is 5. The van der Waals surface area contributed by atoms with Crippen LogP contribution >= 0.6 is 0 Å². The van der Waals surface area contributed by atoms with E-state index in [0.717, 1.165) is 6.21 Å². The van der Waals surface area contributed by atoms with Gasteiger partial charge in [-0.15, -0.1) is 0 Å². The molecule has 2 aromatic heterocycles. The number of rotatable bonds is 6. The van der Waals surface area contributed by atoms with Crippen molar-refractivity contribution in [3.05, 3.63) is 41.7 Å². The molecule has 126 valence electrons. The third kappa shape index (κ3) is 4.51. The molecular weight excluding hydrogens is 325 g/mol. The van der Waals surface area contributed by atoms with Gasteiger partial charge in [0.1, 0.15) is 0 Å². The van der Waals surface area contributed by atoms with Gasteiger partial charge in [0.05, 0.1) is 35.3 Å². The van der Waals surface area contributed by atoms with Gasteiger partial charge >= 0.3 is 12.1 Å². The minimum Gasteiger partial charge on any atom is -0.478 e. The molecule has 0 saturated heterocycles. The van der Waals surface area contributed by atoms with Gasteiger partial charge in [-0.2, -0.15) is 13.2 Å². The van der Waals surface area contributed by atoms with E-state index in [1.165, 1.54) is 30.6 Å². The van der Waals surface area contributed by atoms with Gasteiger partial charge in [0.25, 0.3) is 0 Å². The molecule has 0 aliphatic heterocycles. The number of carboxylic acids is 1. The summed E-state index contributed by atoms with van der Waals surface area (Å²) in [6.07, 6.45) is -1.69. The lowest BCUT2D eigenvalue weighted by atomic mass is 10.1. The van der Waals surface area contributed by atoms with Gasteiger partial charge in [-0.05, 0) is 18.2 Å². The average molecular weight is 338 g/mol. The number of hydrogen-bond donors (Lipinski definition) is 3. The third-order valence-corrected chi connectivity index (χ3v) is 3.08. The maximum Gasteiger partial charge on any atom is 0.390 e. The van der Waals surface area contributed by atoms with Crippen LogP contribution in [-0.4, -0.2) is 40.0 Å². The van der Waals surface area contributed by atoms with Crippen molar-refractivity contribution < 1.29 is 23.1 Å². The Labute approximate surface area is 134 Å². The molecule has 2 aromatic rings. The number of nitrogens with one attached hydrogen (secondary N) is 2. The highest BCUT2D eigenvalue weighted by Gasteiger charge is 2.26. The zero-order valence-electron chi connectivity index (χ0n) is 12.3. The Morgan fingerprint density at radius 1 is 1.29 bits per heavy atom. The van der Waals surface area contributed by atoms with E-state index < -0.39 is 18.6 Å². The van der Waals surface area contributed by atoms with Crippen molar-refractivity contribution in [2.45, 2.75) is 12.6 Å². The van der Waals surface area contributed by atoms with Crippen LogP contribution in [0.5, 0.6) is 0 Å². The summed E-state index contributed by atoms with van der Waals surface area (Å²) in [7, 11) is 0. The summed E-state index contributed by atoms with van der Waals surface area (Å²) >= 11 is 0. The second kappa shape index (κ2) is 7.07. The molecule has 0 aromatic carbocycles. The van der Waals surface area contributed by atoms with Crippen LogP contribution in [0.4, 0.5) is 18.9 Å². The van der Waals surface area contributed by atoms with Crippen LogP contribution in [0.25, 0.3) is 11.4 Å². The number of carboxylic acid groups (broad SMARTS) is 1. The predicted octanol–water partition coefficient (Wildman–Crippen LogP) is 3.20. The smallest absolute Gasteiger partial charge is 0.390 e. The van der Waals surface area contributed by atoms with Crippen molar-refractivity contribution >= 4 is 17.9 Å². The molecule has 9 heteroatoms. The number of anilines is 1. The number of alkyl halides is 3. The summed E-state index contributed by atoms with van der Waals surface area (Å²) in [6.45, 7) is -0.335. The van der Waals surface area contributed by atoms with Crippen molar-refractivity contribution in [2.24, 2.45) is 0 Å². The van der Waals surface area contributed by atoms with Gasteiger partial charge in [-0.3, -0.25) is 9.97 Å². The molecule has 0 amide bonds. The second-order valence-corrected chi connectivity index (χ2v) is 4.83. The van der Waals surface area contributed by atoms with E-state index in [1.54, 1.807) is 0 Å². The monoisotopic (exact) mass is 338 g/mol. The second-order valence-electron chi connectivity index (χ2n) is 4.83. The quantitative estimate of drug-likeness (QED) is 0.703. The Morgan fingerprint density at radius 2 is 2.00 bits per heavy atom. The molecule has 0 unspecified atom stereocenters. The molecule has 0 spiro atoms. The van der Waals surface area contributed by atoms with Crippen LogP contribution in [0.15, 0.2) is 30.6 Å². The Hall–Kier alpha value is -2.97. The van der Waals surface area contributed by atoms with Gasteiger partial charge in [0.15, 0.2) is 0 Å². The third-order valence-electron chi connectivity index (χ3n) is 3.08. The van der Waals surface area contributed by atoms with Crippen LogP contribution in [-0.2, 0) is 0 Å². The van der Waals surface area contributed by atoms with Crippen molar-refractivity contribution in [1.29, 1.82) is 5.41 Å². The Balaban J connectivity index is 2.24. The normalized spacial score (nSPS) is 11.1. The van der Waals surface area contributed by atoms with Crippen molar-refractivity contribution in [3.8, 4) is 11.4 Å². The molecule has 0 aliphatic rings. The van der Waals surface area contributed by atoms with E-state index in [0.29, 0.717) is 17.0 Å². The summed E-state index contributed by atoms with van der Waals surface area (Å²) in [5.41, 5.74) is 1.25. The number of aromatic carboxylic acids is 1. The van der Waals surface area contributed by atoms with Gasteiger partial charge in [-0.1, -0.05) is 0 Å². The largest absolute Gasteiger partial charge is 0.478 e. The zero-order valence-corrected chi connectivity index (χ0v) is 12.3. The highest BCUT2D eigenvalue weighted by atomic mass is 19.4. The summed E-state index contributed by atoms with van der Waals surface area (Å²) in [6, 6.07) is 4.11. The first kappa shape index (κ1) is 17.4. The number of aromatic nitrogens is 2. The van der Waals surface area contributed by atoms with Crippen LogP contribution in [0.1, 0.15) is 22.3 Å². The highest BCUT2D eigenvalue weighted by molar-refractivity contribution is 5.90. The van der Waals surface area contributed by atoms with Gasteiger partial charge in [0.2, 0.25) is 0 Å². The Morgan fingerprint density at radius 3 is 2.62 bits per heavy atom. The molecular formula is C15H13F3N4O2. The fourth-order valence-corrected chi connectivity index (χ4v) is 1.92. The molecule has 3 N–H and O–H groups in total. The van der Waals surface area contributed by atoms with E-state index in [9.17, 15) is 18.0 Å². The van der Waals surface area contributed by atoms with E-state index in [-0.39, 0.29) is 17.8 Å². The van der Waals surface area contributed by atoms with Crippen LogP contribution in [0.3, 0.4) is 0 Å². The van der Waals surface area contributed by atoms with Crippen LogP contribution in [0, 0.1) is 5.41 Å². The maximum atomic E-state index is 12.2. The van der Waals surface area contributed by atoms with Crippen LogP contribution in [0.2, 0.25) is 0 Å². The summed E-state index contributed by atoms with van der Waals surface area (Å²) in [4.78, 5) is 19.1. The van der Waals surface area contributed by atoms with E-state index in [1.807, 2.05) is 0 Å². The molecule has 2 rings (SSSR count). The topological polar surface area (TPSA) is 99.0 Å². The molecule has 0 radical (unpaired) electrons. The molecule has 0 aliphatic carbocycles. The first-order chi connectivity index (χ1) is 11.3. The minimum atomic E-state index is -4.27. The molecule has 6 nitrogen and oxygen atoms in total. The van der Waals surface area contributed by atoms with Crippen LogP contribution < -0.4 is 5.32 Å².